The number of thiophene rings is 1. The minimum absolute atomic E-state index is 0. The lowest BCUT2D eigenvalue weighted by Crippen LogP contribution is -2.48. The summed E-state index contributed by atoms with van der Waals surface area (Å²) in [5.74, 6) is 1.02. The minimum Gasteiger partial charge on any atom is -0.363 e. The highest BCUT2D eigenvalue weighted by molar-refractivity contribution is 14.0. The molecule has 166 valence electrons. The second kappa shape index (κ2) is 12.5. The average Bonchev–Trinajstić information content (AvgIpc) is 3.26. The first-order valence-corrected chi connectivity index (χ1v) is 12.8. The Morgan fingerprint density at radius 1 is 1.17 bits per heavy atom. The summed E-state index contributed by atoms with van der Waals surface area (Å²) in [5, 5.41) is 10.2. The van der Waals surface area contributed by atoms with Gasteiger partial charge >= 0.3 is 0 Å². The van der Waals surface area contributed by atoms with Crippen molar-refractivity contribution in [2.75, 3.05) is 37.3 Å². The zero-order valence-corrected chi connectivity index (χ0v) is 21.3. The molecule has 0 radical (unpaired) electrons. The number of benzene rings is 1. The van der Waals surface area contributed by atoms with Gasteiger partial charge in [0.25, 0.3) is 0 Å². The Labute approximate surface area is 201 Å². The molecule has 6 nitrogen and oxygen atoms in total. The van der Waals surface area contributed by atoms with Gasteiger partial charge in [0.05, 0.1) is 16.5 Å². The summed E-state index contributed by atoms with van der Waals surface area (Å²) >= 11 is 1.79. The largest absolute Gasteiger partial charge is 0.363 e. The van der Waals surface area contributed by atoms with Gasteiger partial charge in [-0.15, -0.1) is 35.3 Å². The smallest absolute Gasteiger partial charge is 0.191 e. The van der Waals surface area contributed by atoms with E-state index in [4.69, 9.17) is 0 Å². The maximum atomic E-state index is 12.3. The number of piperidine rings is 1. The third-order valence-corrected chi connectivity index (χ3v) is 7.64. The third kappa shape index (κ3) is 8.07. The lowest BCUT2D eigenvalue weighted by molar-refractivity contribution is 0.463. The quantitative estimate of drug-likeness (QED) is 0.223. The molecule has 1 aromatic carbocycles. The van der Waals surface area contributed by atoms with Crippen LogP contribution >= 0.6 is 35.3 Å². The van der Waals surface area contributed by atoms with Gasteiger partial charge in [-0.1, -0.05) is 30.3 Å². The molecule has 0 bridgehead atoms. The van der Waals surface area contributed by atoms with Crippen LogP contribution in [0.15, 0.2) is 52.8 Å². The molecule has 0 unspecified atom stereocenters. The molecular weight excluding hydrogens is 531 g/mol. The van der Waals surface area contributed by atoms with Gasteiger partial charge in [0, 0.05) is 32.7 Å². The van der Waals surface area contributed by atoms with Crippen molar-refractivity contribution in [1.82, 2.24) is 10.6 Å². The Hall–Kier alpha value is -1.33. The van der Waals surface area contributed by atoms with Gasteiger partial charge in [0.1, 0.15) is 0 Å². The van der Waals surface area contributed by atoms with E-state index in [1.807, 2.05) is 30.3 Å². The molecule has 9 heteroatoms. The molecule has 2 N–H and O–H groups in total. The predicted molar refractivity (Wildman–Crippen MR) is 138 cm³/mol. The van der Waals surface area contributed by atoms with Crippen LogP contribution < -0.4 is 15.5 Å². The van der Waals surface area contributed by atoms with Gasteiger partial charge in [-0.3, -0.25) is 4.99 Å². The van der Waals surface area contributed by atoms with Crippen molar-refractivity contribution in [1.29, 1.82) is 0 Å². The van der Waals surface area contributed by atoms with Crippen molar-refractivity contribution >= 4 is 56.1 Å². The summed E-state index contributed by atoms with van der Waals surface area (Å²) in [6, 6.07) is 14.0. The lowest BCUT2D eigenvalue weighted by atomic mass is 10.1. The second-order valence-electron chi connectivity index (χ2n) is 7.29. The number of rotatable bonds is 8. The zero-order valence-electron chi connectivity index (χ0n) is 17.3. The van der Waals surface area contributed by atoms with E-state index in [9.17, 15) is 8.42 Å². The first kappa shape index (κ1) is 24.9. The van der Waals surface area contributed by atoms with Crippen LogP contribution in [0.2, 0.25) is 0 Å². The van der Waals surface area contributed by atoms with Crippen LogP contribution in [0.1, 0.15) is 24.8 Å². The summed E-state index contributed by atoms with van der Waals surface area (Å²) in [6.07, 6.45) is 2.68. The van der Waals surface area contributed by atoms with E-state index in [0.717, 1.165) is 37.5 Å². The van der Waals surface area contributed by atoms with Crippen LogP contribution in [-0.2, 0) is 15.6 Å². The lowest BCUT2D eigenvalue weighted by Gasteiger charge is -2.33. The Balaban J connectivity index is 0.00000320. The van der Waals surface area contributed by atoms with E-state index in [2.05, 4.69) is 38.0 Å². The number of aliphatic imine (C=N–C) groups is 1. The van der Waals surface area contributed by atoms with Crippen molar-refractivity contribution in [3.05, 3.63) is 53.4 Å². The highest BCUT2D eigenvalue weighted by Crippen LogP contribution is 2.24. The van der Waals surface area contributed by atoms with Crippen LogP contribution in [0.5, 0.6) is 0 Å². The fraction of sp³-hybridized carbons (Fsp3) is 0.476. The number of sulfone groups is 1. The molecule has 3 rings (SSSR count). The van der Waals surface area contributed by atoms with E-state index in [1.165, 1.54) is 5.00 Å². The second-order valence-corrected chi connectivity index (χ2v) is 10.4. The van der Waals surface area contributed by atoms with E-state index < -0.39 is 9.84 Å². The van der Waals surface area contributed by atoms with E-state index in [0.29, 0.717) is 19.0 Å². The highest BCUT2D eigenvalue weighted by atomic mass is 127. The van der Waals surface area contributed by atoms with Crippen molar-refractivity contribution in [3.8, 4) is 0 Å². The van der Waals surface area contributed by atoms with Crippen LogP contribution in [0.25, 0.3) is 0 Å². The highest BCUT2D eigenvalue weighted by Gasteiger charge is 2.20. The van der Waals surface area contributed by atoms with E-state index in [-0.39, 0.29) is 35.5 Å². The number of guanidine groups is 1. The Kier molecular flexibility index (Phi) is 10.4. The van der Waals surface area contributed by atoms with Gasteiger partial charge < -0.3 is 15.5 Å². The Bertz CT molecular complexity index is 866. The standard InChI is InChI=1S/C21H30N4O2S2.HI/c1-22-21(24-19-10-13-25(14-11-19)20-9-5-15-28-20)23-12-6-16-29(26,27)17-18-7-3-2-4-8-18;/h2-5,7-9,15,19H,6,10-14,16-17H2,1H3,(H2,22,23,24);1H. The SMILES string of the molecule is CN=C(NCCCS(=O)(=O)Cc1ccccc1)NC1CCN(c2cccs2)CC1.I. The van der Waals surface area contributed by atoms with Crippen LogP contribution in [0.3, 0.4) is 0 Å². The Morgan fingerprint density at radius 2 is 1.90 bits per heavy atom. The molecule has 0 amide bonds. The molecule has 1 aromatic heterocycles. The number of halogens is 1. The molecule has 0 spiro atoms. The summed E-state index contributed by atoms with van der Waals surface area (Å²) in [5.41, 5.74) is 0.840. The minimum atomic E-state index is -3.10. The van der Waals surface area contributed by atoms with Gasteiger partial charge in [-0.2, -0.15) is 0 Å². The summed E-state index contributed by atoms with van der Waals surface area (Å²) in [4.78, 5) is 6.71. The molecule has 0 saturated carbocycles. The van der Waals surface area contributed by atoms with Crippen molar-refractivity contribution < 1.29 is 8.42 Å². The fourth-order valence-corrected chi connectivity index (χ4v) is 5.70. The topological polar surface area (TPSA) is 73.8 Å². The maximum Gasteiger partial charge on any atom is 0.191 e. The predicted octanol–water partition coefficient (Wildman–Crippen LogP) is 3.51. The first-order valence-electron chi connectivity index (χ1n) is 10.1. The molecule has 2 heterocycles. The van der Waals surface area contributed by atoms with Crippen molar-refractivity contribution in [2.24, 2.45) is 4.99 Å². The normalized spacial score (nSPS) is 15.5. The van der Waals surface area contributed by atoms with Gasteiger partial charge in [0.15, 0.2) is 15.8 Å². The number of nitrogens with one attached hydrogen (secondary N) is 2. The summed E-state index contributed by atoms with van der Waals surface area (Å²) < 4.78 is 24.6. The number of hydrogen-bond donors (Lipinski definition) is 2. The molecule has 1 aliphatic heterocycles. The summed E-state index contributed by atoms with van der Waals surface area (Å²) in [6.45, 7) is 2.65. The number of anilines is 1. The van der Waals surface area contributed by atoms with Crippen LogP contribution in [-0.4, -0.2) is 52.9 Å². The van der Waals surface area contributed by atoms with Crippen LogP contribution in [0.4, 0.5) is 5.00 Å². The molecule has 0 aliphatic carbocycles. The molecule has 2 aromatic rings. The van der Waals surface area contributed by atoms with Crippen LogP contribution in [0, 0.1) is 0 Å². The monoisotopic (exact) mass is 562 g/mol. The number of nitrogens with zero attached hydrogens (tertiary/aromatic N) is 2. The molecule has 1 fully saturated rings. The number of hydrogen-bond acceptors (Lipinski definition) is 5. The molecule has 30 heavy (non-hydrogen) atoms. The van der Waals surface area contributed by atoms with Gasteiger partial charge in [-0.25, -0.2) is 8.42 Å². The van der Waals surface area contributed by atoms with Crippen molar-refractivity contribution in [2.45, 2.75) is 31.1 Å². The third-order valence-electron chi connectivity index (χ3n) is 5.03. The summed E-state index contributed by atoms with van der Waals surface area (Å²) in [7, 11) is -1.35. The maximum absolute atomic E-state index is 12.3. The Morgan fingerprint density at radius 3 is 2.53 bits per heavy atom. The van der Waals surface area contributed by atoms with Crippen molar-refractivity contribution in [3.63, 3.8) is 0 Å². The molecule has 0 atom stereocenters. The first-order chi connectivity index (χ1) is 14.1. The van der Waals surface area contributed by atoms with Gasteiger partial charge in [-0.05, 0) is 42.3 Å². The molecular formula is C21H31IN4O2S2. The molecule has 1 saturated heterocycles. The molecule has 1 aliphatic rings. The van der Waals surface area contributed by atoms with E-state index in [1.54, 1.807) is 18.4 Å². The zero-order chi connectivity index (χ0) is 20.5. The van der Waals surface area contributed by atoms with E-state index >= 15 is 0 Å². The van der Waals surface area contributed by atoms with Gasteiger partial charge in [0.2, 0.25) is 0 Å². The average molecular weight is 563 g/mol. The fourth-order valence-electron chi connectivity index (χ4n) is 3.48.